The quantitative estimate of drug-likeness (QED) is 0.619. The topological polar surface area (TPSA) is 51.1 Å². The predicted molar refractivity (Wildman–Crippen MR) is 90.4 cm³/mol. The summed E-state index contributed by atoms with van der Waals surface area (Å²) >= 11 is 1.34. The fourth-order valence-corrected chi connectivity index (χ4v) is 2.88. The van der Waals surface area contributed by atoms with Gasteiger partial charge in [0, 0.05) is 18.7 Å². The lowest BCUT2D eigenvalue weighted by molar-refractivity contribution is -0.121. The number of hydrogen-bond acceptors (Lipinski definition) is 5. The highest BCUT2D eigenvalue weighted by atomic mass is 32.2. The van der Waals surface area contributed by atoms with Gasteiger partial charge >= 0.3 is 0 Å². The average molecular weight is 318 g/mol. The molecule has 1 saturated heterocycles. The highest BCUT2D eigenvalue weighted by Gasteiger charge is 2.30. The second kappa shape index (κ2) is 7.17. The van der Waals surface area contributed by atoms with Gasteiger partial charge in [-0.05, 0) is 30.0 Å². The summed E-state index contributed by atoms with van der Waals surface area (Å²) in [6.07, 6.45) is 3.50. The molecule has 1 heterocycles. The van der Waals surface area contributed by atoms with Crippen molar-refractivity contribution < 1.29 is 14.3 Å². The minimum Gasteiger partial charge on any atom is -0.497 e. The maximum Gasteiger partial charge on any atom is 0.266 e. The Kier molecular flexibility index (Phi) is 5.27. The summed E-state index contributed by atoms with van der Waals surface area (Å²) in [4.78, 5) is 18.7. The number of nitrogens with zero attached hydrogens (tertiary/aromatic N) is 2. The van der Waals surface area contributed by atoms with Crippen molar-refractivity contribution in [1.82, 2.24) is 4.90 Å². The lowest BCUT2D eigenvalue weighted by Crippen LogP contribution is -2.24. The first kappa shape index (κ1) is 16.2. The maximum absolute atomic E-state index is 12.3. The van der Waals surface area contributed by atoms with Gasteiger partial charge in [0.2, 0.25) is 0 Å². The summed E-state index contributed by atoms with van der Waals surface area (Å²) in [7, 11) is 4.90. The number of amides is 1. The molecule has 1 aliphatic rings. The lowest BCUT2D eigenvalue weighted by Gasteiger charge is -2.08. The zero-order valence-corrected chi connectivity index (χ0v) is 13.6. The smallest absolute Gasteiger partial charge is 0.266 e. The van der Waals surface area contributed by atoms with Gasteiger partial charge in [0.1, 0.15) is 11.5 Å². The number of aliphatic imine (C=N–C) groups is 1. The van der Waals surface area contributed by atoms with E-state index in [1.807, 2.05) is 12.1 Å². The van der Waals surface area contributed by atoms with E-state index in [-0.39, 0.29) is 5.91 Å². The Balaban J connectivity index is 2.33. The number of ether oxygens (including phenoxy) is 2. The molecule has 0 spiro atoms. The van der Waals surface area contributed by atoms with Crippen molar-refractivity contribution in [3.05, 3.63) is 41.3 Å². The van der Waals surface area contributed by atoms with Gasteiger partial charge in [-0.3, -0.25) is 14.7 Å². The first-order valence-electron chi connectivity index (χ1n) is 6.65. The molecule has 0 unspecified atom stereocenters. The van der Waals surface area contributed by atoms with Crippen LogP contribution in [-0.4, -0.2) is 43.8 Å². The molecule has 116 valence electrons. The Hall–Kier alpha value is -2.21. The summed E-state index contributed by atoms with van der Waals surface area (Å²) in [5.41, 5.74) is 0.817. The molecule has 1 amide bonds. The van der Waals surface area contributed by atoms with E-state index >= 15 is 0 Å². The number of likely N-dealkylation sites (N-methyl/N-ethyl adjacent to an activating group) is 1. The fourth-order valence-electron chi connectivity index (χ4n) is 1.91. The molecule has 22 heavy (non-hydrogen) atoms. The van der Waals surface area contributed by atoms with Crippen LogP contribution in [0, 0.1) is 0 Å². The molecule has 0 aromatic heterocycles. The fraction of sp³-hybridized carbons (Fsp3) is 0.250. The first-order chi connectivity index (χ1) is 10.6. The number of carbonyl (C=O) groups is 1. The van der Waals surface area contributed by atoms with Gasteiger partial charge in [-0.25, -0.2) is 0 Å². The monoisotopic (exact) mass is 318 g/mol. The summed E-state index contributed by atoms with van der Waals surface area (Å²) in [6.45, 7) is 4.11. The van der Waals surface area contributed by atoms with Crippen molar-refractivity contribution in [2.75, 3.05) is 27.8 Å². The second-order valence-electron chi connectivity index (χ2n) is 4.49. The summed E-state index contributed by atoms with van der Waals surface area (Å²) in [5.74, 6) is 1.28. The number of thioether (sulfide) groups is 1. The van der Waals surface area contributed by atoms with Crippen molar-refractivity contribution in [2.24, 2.45) is 4.99 Å². The molecular weight excluding hydrogens is 300 g/mol. The zero-order valence-electron chi connectivity index (χ0n) is 12.8. The van der Waals surface area contributed by atoms with Crippen LogP contribution in [-0.2, 0) is 4.79 Å². The summed E-state index contributed by atoms with van der Waals surface area (Å²) < 4.78 is 10.5. The van der Waals surface area contributed by atoms with Crippen LogP contribution in [0.25, 0.3) is 6.08 Å². The van der Waals surface area contributed by atoms with E-state index in [9.17, 15) is 4.79 Å². The molecular formula is C16H18N2O3S. The van der Waals surface area contributed by atoms with Crippen molar-refractivity contribution in [2.45, 2.75) is 0 Å². The molecule has 0 aliphatic carbocycles. The highest BCUT2D eigenvalue weighted by molar-refractivity contribution is 8.18. The van der Waals surface area contributed by atoms with E-state index in [4.69, 9.17) is 9.47 Å². The van der Waals surface area contributed by atoms with E-state index in [1.165, 1.54) is 16.7 Å². The Morgan fingerprint density at radius 2 is 2.14 bits per heavy atom. The Bertz CT molecular complexity index is 653. The number of rotatable bonds is 5. The van der Waals surface area contributed by atoms with Crippen LogP contribution in [0.15, 0.2) is 40.8 Å². The predicted octanol–water partition coefficient (Wildman–Crippen LogP) is 2.79. The number of hydrogen-bond donors (Lipinski definition) is 0. The molecule has 1 aromatic carbocycles. The molecule has 0 radical (unpaired) electrons. The van der Waals surface area contributed by atoms with Crippen molar-refractivity contribution >= 4 is 28.9 Å². The van der Waals surface area contributed by atoms with Gasteiger partial charge in [-0.1, -0.05) is 6.08 Å². The van der Waals surface area contributed by atoms with Gasteiger partial charge in [-0.15, -0.1) is 6.58 Å². The molecule has 0 bridgehead atoms. The van der Waals surface area contributed by atoms with Crippen LogP contribution in [0.3, 0.4) is 0 Å². The minimum absolute atomic E-state index is 0.0781. The van der Waals surface area contributed by atoms with E-state index in [0.29, 0.717) is 28.1 Å². The zero-order chi connectivity index (χ0) is 16.1. The average Bonchev–Trinajstić information content (AvgIpc) is 2.81. The maximum atomic E-state index is 12.3. The molecule has 1 aromatic rings. The SMILES string of the molecule is C=CCN=C1S/C(=C/c2ccc(OC)cc2OC)C(=O)N1C. The van der Waals surface area contributed by atoms with Gasteiger partial charge in [0.05, 0.1) is 25.7 Å². The third-order valence-electron chi connectivity index (χ3n) is 3.09. The van der Waals surface area contributed by atoms with Crippen molar-refractivity contribution in [3.8, 4) is 11.5 Å². The van der Waals surface area contributed by atoms with E-state index in [1.54, 1.807) is 39.5 Å². The van der Waals surface area contributed by atoms with Gasteiger partial charge in [-0.2, -0.15) is 0 Å². The van der Waals surface area contributed by atoms with Gasteiger partial charge < -0.3 is 9.47 Å². The largest absolute Gasteiger partial charge is 0.497 e. The van der Waals surface area contributed by atoms with Crippen molar-refractivity contribution in [3.63, 3.8) is 0 Å². The molecule has 6 heteroatoms. The molecule has 1 fully saturated rings. The van der Waals surface area contributed by atoms with E-state index in [0.717, 1.165) is 5.56 Å². The number of benzene rings is 1. The van der Waals surface area contributed by atoms with E-state index < -0.39 is 0 Å². The molecule has 5 nitrogen and oxygen atoms in total. The first-order valence-corrected chi connectivity index (χ1v) is 7.47. The third kappa shape index (κ3) is 3.33. The van der Waals surface area contributed by atoms with E-state index in [2.05, 4.69) is 11.6 Å². The Morgan fingerprint density at radius 3 is 2.77 bits per heavy atom. The van der Waals surface area contributed by atoms with Crippen LogP contribution in [0.4, 0.5) is 0 Å². The Morgan fingerprint density at radius 1 is 1.36 bits per heavy atom. The molecule has 2 rings (SSSR count). The van der Waals surface area contributed by atoms with Crippen LogP contribution < -0.4 is 9.47 Å². The number of carbonyl (C=O) groups excluding carboxylic acids is 1. The van der Waals surface area contributed by atoms with Gasteiger partial charge in [0.25, 0.3) is 5.91 Å². The second-order valence-corrected chi connectivity index (χ2v) is 5.50. The number of amidine groups is 1. The van der Waals surface area contributed by atoms with Crippen LogP contribution in [0.5, 0.6) is 11.5 Å². The third-order valence-corrected chi connectivity index (χ3v) is 4.18. The molecule has 0 saturated carbocycles. The lowest BCUT2D eigenvalue weighted by atomic mass is 10.1. The molecule has 1 aliphatic heterocycles. The number of methoxy groups -OCH3 is 2. The van der Waals surface area contributed by atoms with Crippen molar-refractivity contribution in [1.29, 1.82) is 0 Å². The standard InChI is InChI=1S/C16H18N2O3S/c1-5-8-17-16-18(2)15(19)14(22-16)9-11-6-7-12(20-3)10-13(11)21-4/h5-7,9-10H,1,8H2,2-4H3/b14-9+,17-16?. The molecule has 0 N–H and O–H groups in total. The van der Waals surface area contributed by atoms with Crippen LogP contribution >= 0.6 is 11.8 Å². The van der Waals surface area contributed by atoms with Crippen LogP contribution in [0.1, 0.15) is 5.56 Å². The Labute approximate surface area is 134 Å². The normalized spacial score (nSPS) is 18.1. The molecule has 0 atom stereocenters. The summed E-state index contributed by atoms with van der Waals surface area (Å²) in [5, 5.41) is 0.670. The highest BCUT2D eigenvalue weighted by Crippen LogP contribution is 2.34. The van der Waals surface area contributed by atoms with Gasteiger partial charge in [0.15, 0.2) is 5.17 Å². The van der Waals surface area contributed by atoms with Crippen LogP contribution in [0.2, 0.25) is 0 Å². The minimum atomic E-state index is -0.0781. The summed E-state index contributed by atoms with van der Waals surface area (Å²) in [6, 6.07) is 5.47.